The molecule has 3 rings (SSSR count). The number of nitrogens with zero attached hydrogens (tertiary/aromatic N) is 4. The molecule has 0 unspecified atom stereocenters. The summed E-state index contributed by atoms with van der Waals surface area (Å²) in [5.41, 5.74) is 3.77. The molecule has 5 heteroatoms. The molecule has 1 aromatic carbocycles. The first-order valence-electron chi connectivity index (χ1n) is 8.31. The summed E-state index contributed by atoms with van der Waals surface area (Å²) < 4.78 is 2.04. The molecule has 25 heavy (non-hydrogen) atoms. The van der Waals surface area contributed by atoms with E-state index in [-0.39, 0.29) is 5.91 Å². The number of carbonyl (C=O) groups is 1. The van der Waals surface area contributed by atoms with E-state index in [1.807, 2.05) is 68.1 Å². The lowest BCUT2D eigenvalue weighted by Crippen LogP contribution is -2.30. The Hall–Kier alpha value is -2.95. The molecular weight excluding hydrogens is 312 g/mol. The predicted molar refractivity (Wildman–Crippen MR) is 98.3 cm³/mol. The van der Waals surface area contributed by atoms with Gasteiger partial charge in [0.05, 0.1) is 5.69 Å². The molecule has 0 aliphatic carbocycles. The average molecular weight is 334 g/mol. The lowest BCUT2D eigenvalue weighted by molar-refractivity contribution is 0.0790. The Morgan fingerprint density at radius 2 is 1.84 bits per heavy atom. The lowest BCUT2D eigenvalue weighted by Gasteiger charge is -2.18. The van der Waals surface area contributed by atoms with Gasteiger partial charge < -0.3 is 9.47 Å². The van der Waals surface area contributed by atoms with Gasteiger partial charge in [0.2, 0.25) is 0 Å². The van der Waals surface area contributed by atoms with Crippen LogP contribution >= 0.6 is 0 Å². The molecule has 1 amide bonds. The van der Waals surface area contributed by atoms with Gasteiger partial charge in [0.15, 0.2) is 0 Å². The van der Waals surface area contributed by atoms with E-state index < -0.39 is 0 Å². The number of imidazole rings is 1. The normalized spacial score (nSPS) is 10.7. The van der Waals surface area contributed by atoms with E-state index in [0.29, 0.717) is 12.1 Å². The molecule has 2 heterocycles. The van der Waals surface area contributed by atoms with Crippen molar-refractivity contribution < 1.29 is 4.79 Å². The van der Waals surface area contributed by atoms with Crippen LogP contribution in [0, 0.1) is 13.8 Å². The number of benzene rings is 1. The Bertz CT molecular complexity index is 867. The summed E-state index contributed by atoms with van der Waals surface area (Å²) in [5, 5.41) is 0. The minimum Gasteiger partial charge on any atom is -0.340 e. The quantitative estimate of drug-likeness (QED) is 0.719. The maximum Gasteiger partial charge on any atom is 0.253 e. The molecule has 0 bridgehead atoms. The van der Waals surface area contributed by atoms with Gasteiger partial charge in [-0.2, -0.15) is 0 Å². The van der Waals surface area contributed by atoms with Crippen LogP contribution in [-0.4, -0.2) is 38.9 Å². The highest BCUT2D eigenvalue weighted by molar-refractivity contribution is 5.94. The number of pyridine rings is 1. The van der Waals surface area contributed by atoms with Crippen molar-refractivity contribution >= 4 is 5.91 Å². The third kappa shape index (κ3) is 3.76. The second-order valence-corrected chi connectivity index (χ2v) is 6.14. The first kappa shape index (κ1) is 16.9. The van der Waals surface area contributed by atoms with Crippen LogP contribution in [0.1, 0.15) is 21.7 Å². The first-order valence-corrected chi connectivity index (χ1v) is 8.31. The summed E-state index contributed by atoms with van der Waals surface area (Å²) >= 11 is 0. The highest BCUT2D eigenvalue weighted by Crippen LogP contribution is 2.21. The fourth-order valence-electron chi connectivity index (χ4n) is 2.78. The molecule has 0 saturated carbocycles. The number of aromatic nitrogens is 3. The summed E-state index contributed by atoms with van der Waals surface area (Å²) in [6.45, 7) is 5.36. The zero-order valence-corrected chi connectivity index (χ0v) is 14.8. The first-order chi connectivity index (χ1) is 12.1. The number of likely N-dealkylation sites (N-methyl/N-ethyl adjacent to an activating group) is 1. The van der Waals surface area contributed by atoms with Crippen LogP contribution in [0.4, 0.5) is 0 Å². The molecule has 0 spiro atoms. The third-order valence-corrected chi connectivity index (χ3v) is 4.36. The van der Waals surface area contributed by atoms with Crippen LogP contribution in [0.3, 0.4) is 0 Å². The Balaban J connectivity index is 1.68. The van der Waals surface area contributed by atoms with Gasteiger partial charge in [-0.25, -0.2) is 4.98 Å². The molecule has 128 valence electrons. The number of rotatable bonds is 5. The zero-order valence-electron chi connectivity index (χ0n) is 14.8. The average Bonchev–Trinajstić information content (AvgIpc) is 3.04. The maximum atomic E-state index is 12.6. The minimum absolute atomic E-state index is 0.0158. The SMILES string of the molecule is Cc1cccnc1-c1ccc(C(=O)N(C)CCn2ccnc2C)cc1. The summed E-state index contributed by atoms with van der Waals surface area (Å²) in [7, 11) is 1.82. The van der Waals surface area contributed by atoms with E-state index in [4.69, 9.17) is 0 Å². The van der Waals surface area contributed by atoms with E-state index in [0.717, 1.165) is 29.2 Å². The molecule has 5 nitrogen and oxygen atoms in total. The van der Waals surface area contributed by atoms with Crippen molar-refractivity contribution in [2.75, 3.05) is 13.6 Å². The smallest absolute Gasteiger partial charge is 0.253 e. The summed E-state index contributed by atoms with van der Waals surface area (Å²) in [6.07, 6.45) is 5.49. The summed E-state index contributed by atoms with van der Waals surface area (Å²) in [4.78, 5) is 22.9. The number of carbonyl (C=O) groups excluding carboxylic acids is 1. The maximum absolute atomic E-state index is 12.6. The minimum atomic E-state index is 0.0158. The fraction of sp³-hybridized carbons (Fsp3) is 0.250. The van der Waals surface area contributed by atoms with E-state index in [2.05, 4.69) is 9.97 Å². The second-order valence-electron chi connectivity index (χ2n) is 6.14. The van der Waals surface area contributed by atoms with Crippen molar-refractivity contribution in [1.82, 2.24) is 19.4 Å². The summed E-state index contributed by atoms with van der Waals surface area (Å²) in [5.74, 6) is 0.970. The van der Waals surface area contributed by atoms with Crippen molar-refractivity contribution in [3.05, 3.63) is 71.9 Å². The van der Waals surface area contributed by atoms with Crippen LogP contribution in [-0.2, 0) is 6.54 Å². The number of hydrogen-bond donors (Lipinski definition) is 0. The highest BCUT2D eigenvalue weighted by atomic mass is 16.2. The van der Waals surface area contributed by atoms with Gasteiger partial charge >= 0.3 is 0 Å². The van der Waals surface area contributed by atoms with Crippen molar-refractivity contribution in [3.8, 4) is 11.3 Å². The predicted octanol–water partition coefficient (Wildman–Crippen LogP) is 3.33. The molecule has 0 N–H and O–H groups in total. The number of aryl methyl sites for hydroxylation is 2. The van der Waals surface area contributed by atoms with Crippen LogP contribution < -0.4 is 0 Å². The van der Waals surface area contributed by atoms with Gasteiger partial charge in [0, 0.05) is 49.9 Å². The monoisotopic (exact) mass is 334 g/mol. The van der Waals surface area contributed by atoms with Gasteiger partial charge in [-0.3, -0.25) is 9.78 Å². The molecule has 0 atom stereocenters. The van der Waals surface area contributed by atoms with E-state index in [9.17, 15) is 4.79 Å². The summed E-state index contributed by atoms with van der Waals surface area (Å²) in [6, 6.07) is 11.6. The standard InChI is InChI=1S/C20H22N4O/c1-15-5-4-10-22-19(15)17-6-8-18(9-7-17)20(25)23(3)13-14-24-12-11-21-16(24)2/h4-12H,13-14H2,1-3H3. The van der Waals surface area contributed by atoms with Gasteiger partial charge in [-0.05, 0) is 37.6 Å². The third-order valence-electron chi connectivity index (χ3n) is 4.36. The molecule has 0 saturated heterocycles. The van der Waals surface area contributed by atoms with Crippen LogP contribution in [0.25, 0.3) is 11.3 Å². The van der Waals surface area contributed by atoms with Crippen molar-refractivity contribution in [2.24, 2.45) is 0 Å². The Morgan fingerprint density at radius 3 is 2.48 bits per heavy atom. The molecule has 0 radical (unpaired) electrons. The van der Waals surface area contributed by atoms with Crippen molar-refractivity contribution in [3.63, 3.8) is 0 Å². The van der Waals surface area contributed by atoms with Crippen LogP contribution in [0.2, 0.25) is 0 Å². The molecule has 2 aromatic heterocycles. The number of hydrogen-bond acceptors (Lipinski definition) is 3. The fourth-order valence-corrected chi connectivity index (χ4v) is 2.78. The Morgan fingerprint density at radius 1 is 1.08 bits per heavy atom. The van der Waals surface area contributed by atoms with E-state index in [1.165, 1.54) is 0 Å². The Kier molecular flexibility index (Phi) is 4.93. The van der Waals surface area contributed by atoms with E-state index >= 15 is 0 Å². The molecule has 3 aromatic rings. The van der Waals surface area contributed by atoms with Crippen LogP contribution in [0.15, 0.2) is 55.0 Å². The van der Waals surface area contributed by atoms with Gasteiger partial charge in [0.25, 0.3) is 5.91 Å². The molecule has 0 aliphatic heterocycles. The highest BCUT2D eigenvalue weighted by Gasteiger charge is 2.12. The topological polar surface area (TPSA) is 51.0 Å². The van der Waals surface area contributed by atoms with Gasteiger partial charge in [-0.1, -0.05) is 18.2 Å². The largest absolute Gasteiger partial charge is 0.340 e. The van der Waals surface area contributed by atoms with E-state index in [1.54, 1.807) is 17.3 Å². The van der Waals surface area contributed by atoms with Crippen molar-refractivity contribution in [2.45, 2.75) is 20.4 Å². The lowest BCUT2D eigenvalue weighted by atomic mass is 10.0. The van der Waals surface area contributed by atoms with Gasteiger partial charge in [-0.15, -0.1) is 0 Å². The van der Waals surface area contributed by atoms with Gasteiger partial charge in [0.1, 0.15) is 5.82 Å². The molecule has 0 aliphatic rings. The van der Waals surface area contributed by atoms with Crippen LogP contribution in [0.5, 0.6) is 0 Å². The number of amides is 1. The molecular formula is C20H22N4O. The Labute approximate surface area is 148 Å². The second kappa shape index (κ2) is 7.30. The molecule has 0 fully saturated rings. The van der Waals surface area contributed by atoms with Crippen molar-refractivity contribution in [1.29, 1.82) is 0 Å². The zero-order chi connectivity index (χ0) is 17.8.